The molecule has 1 amide bonds. The van der Waals surface area contributed by atoms with E-state index in [2.05, 4.69) is 26.2 Å². The average Bonchev–Trinajstić information content (AvgIpc) is 3.17. The molecule has 146 valence electrons. The maximum Gasteiger partial charge on any atom is 0.405 e. The van der Waals surface area contributed by atoms with E-state index in [0.717, 1.165) is 5.69 Å². The van der Waals surface area contributed by atoms with Crippen LogP contribution in [0.4, 0.5) is 13.2 Å². The van der Waals surface area contributed by atoms with E-state index < -0.39 is 24.7 Å². The van der Waals surface area contributed by atoms with Gasteiger partial charge in [-0.05, 0) is 28.1 Å². The summed E-state index contributed by atoms with van der Waals surface area (Å²) in [6.45, 7) is 1.17. The summed E-state index contributed by atoms with van der Waals surface area (Å²) < 4.78 is 41.5. The van der Waals surface area contributed by atoms with Gasteiger partial charge in [-0.3, -0.25) is 9.69 Å². The lowest BCUT2D eigenvalue weighted by molar-refractivity contribution is -0.184. The van der Waals surface area contributed by atoms with Crippen LogP contribution in [0, 0.1) is 0 Å². The van der Waals surface area contributed by atoms with E-state index in [1.807, 2.05) is 0 Å². The second-order valence-electron chi connectivity index (χ2n) is 6.25. The number of rotatable bonds is 6. The molecule has 3 rings (SSSR count). The van der Waals surface area contributed by atoms with Crippen LogP contribution in [0.3, 0.4) is 0 Å². The summed E-state index contributed by atoms with van der Waals surface area (Å²) in [5.74, 6) is -0.449. The standard InChI is InChI=1S/C16H20F3N7O/c17-16(18,19)14(25-7-5-20-6-8-25)10-21-15(27)9-12-1-3-13(4-2-12)26-11-22-23-24-26/h1-4,11,14,20H,5-10H2,(H,21,27). The van der Waals surface area contributed by atoms with Crippen molar-refractivity contribution in [2.75, 3.05) is 32.7 Å². The number of amides is 1. The summed E-state index contributed by atoms with van der Waals surface area (Å²) in [5.41, 5.74) is 1.41. The Morgan fingerprint density at radius 3 is 2.52 bits per heavy atom. The Morgan fingerprint density at radius 1 is 1.22 bits per heavy atom. The first-order valence-corrected chi connectivity index (χ1v) is 8.54. The van der Waals surface area contributed by atoms with Crippen LogP contribution in [0.25, 0.3) is 5.69 Å². The van der Waals surface area contributed by atoms with Crippen molar-refractivity contribution in [3.63, 3.8) is 0 Å². The number of tetrazole rings is 1. The third-order valence-corrected chi connectivity index (χ3v) is 4.38. The fourth-order valence-electron chi connectivity index (χ4n) is 2.95. The van der Waals surface area contributed by atoms with Crippen LogP contribution in [0.1, 0.15) is 5.56 Å². The van der Waals surface area contributed by atoms with E-state index in [4.69, 9.17) is 0 Å². The Hall–Kier alpha value is -2.53. The molecule has 11 heteroatoms. The minimum atomic E-state index is -4.39. The lowest BCUT2D eigenvalue weighted by Gasteiger charge is -2.35. The number of aromatic nitrogens is 4. The van der Waals surface area contributed by atoms with Crippen molar-refractivity contribution in [3.8, 4) is 5.69 Å². The highest BCUT2D eigenvalue weighted by Gasteiger charge is 2.43. The van der Waals surface area contributed by atoms with Crippen LogP contribution in [-0.2, 0) is 11.2 Å². The van der Waals surface area contributed by atoms with Crippen LogP contribution in [0.2, 0.25) is 0 Å². The van der Waals surface area contributed by atoms with E-state index >= 15 is 0 Å². The molecular weight excluding hydrogens is 363 g/mol. The van der Waals surface area contributed by atoms with Gasteiger partial charge in [-0.25, -0.2) is 4.68 Å². The van der Waals surface area contributed by atoms with Crippen molar-refractivity contribution in [2.45, 2.75) is 18.6 Å². The number of carbonyl (C=O) groups excluding carboxylic acids is 1. The zero-order chi connectivity index (χ0) is 19.3. The predicted octanol–water partition coefficient (Wildman–Crippen LogP) is 0.157. The monoisotopic (exact) mass is 383 g/mol. The van der Waals surface area contributed by atoms with Gasteiger partial charge in [0.2, 0.25) is 5.91 Å². The molecule has 1 unspecified atom stereocenters. The number of nitrogens with zero attached hydrogens (tertiary/aromatic N) is 5. The van der Waals surface area contributed by atoms with Crippen molar-refractivity contribution >= 4 is 5.91 Å². The first-order valence-electron chi connectivity index (χ1n) is 8.54. The van der Waals surface area contributed by atoms with Crippen molar-refractivity contribution in [1.29, 1.82) is 0 Å². The zero-order valence-electron chi connectivity index (χ0n) is 14.5. The summed E-state index contributed by atoms with van der Waals surface area (Å²) in [7, 11) is 0. The van der Waals surface area contributed by atoms with E-state index in [-0.39, 0.29) is 6.42 Å². The first kappa shape index (κ1) is 19.2. The van der Waals surface area contributed by atoms with Crippen LogP contribution in [0.15, 0.2) is 30.6 Å². The van der Waals surface area contributed by atoms with Gasteiger partial charge in [-0.2, -0.15) is 13.2 Å². The third-order valence-electron chi connectivity index (χ3n) is 4.38. The molecule has 2 N–H and O–H groups in total. The SMILES string of the molecule is O=C(Cc1ccc(-n2cnnn2)cc1)NCC(N1CCNCC1)C(F)(F)F. The molecule has 1 aliphatic rings. The topological polar surface area (TPSA) is 88.0 Å². The minimum absolute atomic E-state index is 0.00200. The Kier molecular flexibility index (Phi) is 6.01. The second kappa shape index (κ2) is 8.44. The molecule has 1 saturated heterocycles. The zero-order valence-corrected chi connectivity index (χ0v) is 14.5. The number of carbonyl (C=O) groups is 1. The maximum absolute atomic E-state index is 13.3. The smallest absolute Gasteiger partial charge is 0.354 e. The summed E-state index contributed by atoms with van der Waals surface area (Å²) in [6.07, 6.45) is -2.95. The highest BCUT2D eigenvalue weighted by atomic mass is 19.4. The van der Waals surface area contributed by atoms with Gasteiger partial charge in [-0.1, -0.05) is 12.1 Å². The van der Waals surface area contributed by atoms with E-state index in [1.165, 1.54) is 15.9 Å². The molecule has 2 aromatic rings. The van der Waals surface area contributed by atoms with Crippen LogP contribution < -0.4 is 10.6 Å². The highest BCUT2D eigenvalue weighted by Crippen LogP contribution is 2.24. The summed E-state index contributed by atoms with van der Waals surface area (Å²) in [4.78, 5) is 13.5. The van der Waals surface area contributed by atoms with Gasteiger partial charge in [-0.15, -0.1) is 5.10 Å². The maximum atomic E-state index is 13.3. The van der Waals surface area contributed by atoms with Crippen molar-refractivity contribution in [3.05, 3.63) is 36.2 Å². The van der Waals surface area contributed by atoms with Gasteiger partial charge in [0.25, 0.3) is 0 Å². The molecular formula is C16H20F3N7O. The van der Waals surface area contributed by atoms with Gasteiger partial charge in [0, 0.05) is 32.7 Å². The van der Waals surface area contributed by atoms with Gasteiger partial charge in [0.1, 0.15) is 12.4 Å². The first-order chi connectivity index (χ1) is 12.9. The molecule has 8 nitrogen and oxygen atoms in total. The molecule has 0 aliphatic carbocycles. The van der Waals surface area contributed by atoms with Crippen molar-refractivity contribution in [1.82, 2.24) is 35.7 Å². The molecule has 0 spiro atoms. The minimum Gasteiger partial charge on any atom is -0.354 e. The molecule has 1 aromatic carbocycles. The number of alkyl halides is 3. The van der Waals surface area contributed by atoms with Gasteiger partial charge < -0.3 is 10.6 Å². The lowest BCUT2D eigenvalue weighted by atomic mass is 10.1. The molecule has 0 radical (unpaired) electrons. The van der Waals surface area contributed by atoms with Gasteiger partial charge >= 0.3 is 6.18 Å². The number of halogens is 3. The van der Waals surface area contributed by atoms with Gasteiger partial charge in [0.15, 0.2) is 0 Å². The number of hydrogen-bond donors (Lipinski definition) is 2. The molecule has 1 atom stereocenters. The summed E-state index contributed by atoms with van der Waals surface area (Å²) in [6, 6.07) is 5.23. The Balaban J connectivity index is 1.54. The Morgan fingerprint density at radius 2 is 1.93 bits per heavy atom. The van der Waals surface area contributed by atoms with Crippen LogP contribution in [0.5, 0.6) is 0 Å². The van der Waals surface area contributed by atoms with Crippen LogP contribution in [-0.4, -0.2) is 76.0 Å². The number of hydrogen-bond acceptors (Lipinski definition) is 6. The summed E-state index contributed by atoms with van der Waals surface area (Å²) >= 11 is 0. The Labute approximate surface area is 153 Å². The van der Waals surface area contributed by atoms with E-state index in [1.54, 1.807) is 24.3 Å². The fraction of sp³-hybridized carbons (Fsp3) is 0.500. The fourth-order valence-corrected chi connectivity index (χ4v) is 2.95. The molecule has 1 fully saturated rings. The predicted molar refractivity (Wildman–Crippen MR) is 90.2 cm³/mol. The molecule has 1 aliphatic heterocycles. The molecule has 0 saturated carbocycles. The Bertz CT molecular complexity index is 727. The number of benzene rings is 1. The number of nitrogens with one attached hydrogen (secondary N) is 2. The van der Waals surface area contributed by atoms with E-state index in [9.17, 15) is 18.0 Å². The summed E-state index contributed by atoms with van der Waals surface area (Å²) in [5, 5.41) is 16.3. The van der Waals surface area contributed by atoms with Crippen molar-refractivity contribution < 1.29 is 18.0 Å². The van der Waals surface area contributed by atoms with E-state index in [0.29, 0.717) is 31.7 Å². The second-order valence-corrected chi connectivity index (χ2v) is 6.25. The number of piperazine rings is 1. The molecule has 2 heterocycles. The molecule has 0 bridgehead atoms. The molecule has 1 aromatic heterocycles. The normalized spacial score (nSPS) is 16.9. The lowest BCUT2D eigenvalue weighted by Crippen LogP contribution is -2.57. The molecule has 27 heavy (non-hydrogen) atoms. The largest absolute Gasteiger partial charge is 0.405 e. The van der Waals surface area contributed by atoms with Crippen LogP contribution >= 0.6 is 0 Å². The van der Waals surface area contributed by atoms with Gasteiger partial charge in [0.05, 0.1) is 12.1 Å². The average molecular weight is 383 g/mol. The highest BCUT2D eigenvalue weighted by molar-refractivity contribution is 5.78. The van der Waals surface area contributed by atoms with Crippen molar-refractivity contribution in [2.24, 2.45) is 0 Å². The quantitative estimate of drug-likeness (QED) is 0.739. The third kappa shape index (κ3) is 5.23.